The molecule has 0 spiro atoms. The number of nitrogens with zero attached hydrogens (tertiary/aromatic N) is 1. The number of benzene rings is 1. The lowest BCUT2D eigenvalue weighted by atomic mass is 10.0. The van der Waals surface area contributed by atoms with Crippen LogP contribution in [0.3, 0.4) is 0 Å². The van der Waals surface area contributed by atoms with Crippen LogP contribution in [0.2, 0.25) is 5.02 Å². The van der Waals surface area contributed by atoms with Gasteiger partial charge in [-0.2, -0.15) is 0 Å². The number of hydrogen-bond acceptors (Lipinski definition) is 3. The maximum atomic E-state index is 11.9. The van der Waals surface area contributed by atoms with Crippen LogP contribution in [0.15, 0.2) is 30.3 Å². The number of hydrogen-bond donors (Lipinski definition) is 1. The van der Waals surface area contributed by atoms with Crippen LogP contribution in [0.5, 0.6) is 0 Å². The third-order valence-corrected chi connectivity index (χ3v) is 4.70. The van der Waals surface area contributed by atoms with E-state index in [0.29, 0.717) is 10.2 Å². The van der Waals surface area contributed by atoms with Gasteiger partial charge in [-0.05, 0) is 49.5 Å². The van der Waals surface area contributed by atoms with Crippen LogP contribution in [0.4, 0.5) is 5.13 Å². The van der Waals surface area contributed by atoms with E-state index in [1.54, 1.807) is 29.5 Å². The van der Waals surface area contributed by atoms with Crippen molar-refractivity contribution in [1.29, 1.82) is 0 Å². The minimum absolute atomic E-state index is 0.156. The van der Waals surface area contributed by atoms with Crippen molar-refractivity contribution in [2.45, 2.75) is 25.7 Å². The van der Waals surface area contributed by atoms with Gasteiger partial charge in [0.05, 0.1) is 5.69 Å². The number of amides is 1. The van der Waals surface area contributed by atoms with Crippen LogP contribution in [-0.4, -0.2) is 10.9 Å². The molecule has 3 nitrogen and oxygen atoms in total. The van der Waals surface area contributed by atoms with Gasteiger partial charge in [-0.1, -0.05) is 23.7 Å². The van der Waals surface area contributed by atoms with E-state index in [0.717, 1.165) is 24.1 Å². The van der Waals surface area contributed by atoms with Crippen molar-refractivity contribution in [2.24, 2.45) is 0 Å². The molecule has 0 unspecified atom stereocenters. The highest BCUT2D eigenvalue weighted by molar-refractivity contribution is 7.15. The molecule has 2 aromatic rings. The largest absolute Gasteiger partial charge is 0.298 e. The molecule has 108 valence electrons. The quantitative estimate of drug-likeness (QED) is 0.856. The number of anilines is 1. The maximum Gasteiger partial charge on any atom is 0.250 e. The number of fused-ring (bicyclic) bond motifs is 1. The highest BCUT2D eigenvalue weighted by atomic mass is 35.5. The molecule has 0 saturated carbocycles. The first kappa shape index (κ1) is 14.3. The third kappa shape index (κ3) is 3.71. The van der Waals surface area contributed by atoms with E-state index in [1.165, 1.54) is 23.8 Å². The zero-order chi connectivity index (χ0) is 14.7. The van der Waals surface area contributed by atoms with E-state index in [-0.39, 0.29) is 5.91 Å². The van der Waals surface area contributed by atoms with Crippen LogP contribution in [0.1, 0.15) is 29.0 Å². The fourth-order valence-corrected chi connectivity index (χ4v) is 3.48. The smallest absolute Gasteiger partial charge is 0.250 e. The molecular weight excluding hydrogens is 304 g/mol. The lowest BCUT2D eigenvalue weighted by Gasteiger charge is -2.06. The van der Waals surface area contributed by atoms with Gasteiger partial charge in [0.25, 0.3) is 0 Å². The van der Waals surface area contributed by atoms with E-state index in [1.807, 2.05) is 12.1 Å². The average molecular weight is 319 g/mol. The monoisotopic (exact) mass is 318 g/mol. The van der Waals surface area contributed by atoms with E-state index in [2.05, 4.69) is 10.3 Å². The molecule has 0 fully saturated rings. The van der Waals surface area contributed by atoms with Gasteiger partial charge in [0.2, 0.25) is 5.91 Å². The summed E-state index contributed by atoms with van der Waals surface area (Å²) in [6, 6.07) is 7.34. The van der Waals surface area contributed by atoms with Gasteiger partial charge in [0, 0.05) is 16.0 Å². The SMILES string of the molecule is O=C(C=Cc1ccc(Cl)cc1)Nc1nc2c(s1)CCCC2. The van der Waals surface area contributed by atoms with Gasteiger partial charge in [-0.25, -0.2) is 4.98 Å². The van der Waals surface area contributed by atoms with Gasteiger partial charge in [0.1, 0.15) is 0 Å². The molecule has 3 rings (SSSR count). The van der Waals surface area contributed by atoms with Crippen LogP contribution in [0.25, 0.3) is 6.08 Å². The second-order valence-electron chi connectivity index (χ2n) is 4.97. The molecule has 1 aromatic heterocycles. The molecule has 0 bridgehead atoms. The number of thiazole rings is 1. The van der Waals surface area contributed by atoms with Crippen LogP contribution in [0, 0.1) is 0 Å². The van der Waals surface area contributed by atoms with Gasteiger partial charge in [-0.15, -0.1) is 11.3 Å². The molecule has 1 N–H and O–H groups in total. The average Bonchev–Trinajstić information content (AvgIpc) is 2.88. The number of carbonyl (C=O) groups excluding carboxylic acids is 1. The highest BCUT2D eigenvalue weighted by Gasteiger charge is 2.15. The summed E-state index contributed by atoms with van der Waals surface area (Å²) in [5.41, 5.74) is 2.09. The molecule has 1 heterocycles. The standard InChI is InChI=1S/C16H15ClN2OS/c17-12-8-5-11(6-9-12)7-10-15(20)19-16-18-13-3-1-2-4-14(13)21-16/h5-10H,1-4H2,(H,18,19,20). The van der Waals surface area contributed by atoms with E-state index in [4.69, 9.17) is 11.6 Å². The number of aromatic nitrogens is 1. The van der Waals surface area contributed by atoms with Crippen molar-refractivity contribution < 1.29 is 4.79 Å². The number of carbonyl (C=O) groups is 1. The predicted octanol–water partition coefficient (Wildman–Crippen LogP) is 4.33. The number of rotatable bonds is 3. The van der Waals surface area contributed by atoms with Crippen LogP contribution >= 0.6 is 22.9 Å². The molecule has 1 aliphatic rings. The molecule has 0 radical (unpaired) electrons. The molecule has 5 heteroatoms. The summed E-state index contributed by atoms with van der Waals surface area (Å²) in [5, 5.41) is 4.22. The molecule has 1 aromatic carbocycles. The van der Waals surface area contributed by atoms with Crippen molar-refractivity contribution in [3.63, 3.8) is 0 Å². The first-order valence-corrected chi connectivity index (χ1v) is 8.13. The van der Waals surface area contributed by atoms with Gasteiger partial charge < -0.3 is 0 Å². The molecular formula is C16H15ClN2OS. The number of aryl methyl sites for hydroxylation is 2. The highest BCUT2D eigenvalue weighted by Crippen LogP contribution is 2.29. The fourth-order valence-electron chi connectivity index (χ4n) is 2.30. The summed E-state index contributed by atoms with van der Waals surface area (Å²) in [4.78, 5) is 17.7. The molecule has 1 aliphatic carbocycles. The Morgan fingerprint density at radius 3 is 2.76 bits per heavy atom. The van der Waals surface area contributed by atoms with Gasteiger partial charge >= 0.3 is 0 Å². The Labute approximate surface area is 132 Å². The Morgan fingerprint density at radius 1 is 1.24 bits per heavy atom. The lowest BCUT2D eigenvalue weighted by Crippen LogP contribution is -2.07. The van der Waals surface area contributed by atoms with Crippen molar-refractivity contribution >= 4 is 40.1 Å². The van der Waals surface area contributed by atoms with Crippen LogP contribution < -0.4 is 5.32 Å². The Morgan fingerprint density at radius 2 is 2.00 bits per heavy atom. The van der Waals surface area contributed by atoms with E-state index in [9.17, 15) is 4.79 Å². The fraction of sp³-hybridized carbons (Fsp3) is 0.250. The topological polar surface area (TPSA) is 42.0 Å². The Bertz CT molecular complexity index is 653. The van der Waals surface area contributed by atoms with Crippen LogP contribution in [-0.2, 0) is 17.6 Å². The maximum absolute atomic E-state index is 11.9. The summed E-state index contributed by atoms with van der Waals surface area (Å²) in [5.74, 6) is -0.156. The van der Waals surface area contributed by atoms with Crippen molar-refractivity contribution in [3.8, 4) is 0 Å². The Kier molecular flexibility index (Phi) is 4.36. The van der Waals surface area contributed by atoms with Crippen molar-refractivity contribution in [1.82, 2.24) is 4.98 Å². The minimum Gasteiger partial charge on any atom is -0.298 e. The summed E-state index contributed by atoms with van der Waals surface area (Å²) < 4.78 is 0. The normalized spacial score (nSPS) is 14.1. The number of halogens is 1. The molecule has 0 saturated heterocycles. The van der Waals surface area contributed by atoms with Crippen molar-refractivity contribution in [3.05, 3.63) is 51.5 Å². The Balaban J connectivity index is 1.63. The summed E-state index contributed by atoms with van der Waals surface area (Å²) in [6.07, 6.45) is 7.81. The number of nitrogens with one attached hydrogen (secondary N) is 1. The molecule has 1 amide bonds. The second kappa shape index (κ2) is 6.41. The van der Waals surface area contributed by atoms with Gasteiger partial charge in [-0.3, -0.25) is 10.1 Å². The first-order valence-electron chi connectivity index (χ1n) is 6.94. The summed E-state index contributed by atoms with van der Waals surface area (Å²) in [7, 11) is 0. The van der Waals surface area contributed by atoms with Crippen molar-refractivity contribution in [2.75, 3.05) is 5.32 Å². The summed E-state index contributed by atoms with van der Waals surface area (Å²) >= 11 is 7.41. The molecule has 0 aliphatic heterocycles. The second-order valence-corrected chi connectivity index (χ2v) is 6.49. The predicted molar refractivity (Wildman–Crippen MR) is 87.9 cm³/mol. The van der Waals surface area contributed by atoms with Gasteiger partial charge in [0.15, 0.2) is 5.13 Å². The molecule has 21 heavy (non-hydrogen) atoms. The lowest BCUT2D eigenvalue weighted by molar-refractivity contribution is -0.111. The molecule has 0 atom stereocenters. The summed E-state index contributed by atoms with van der Waals surface area (Å²) in [6.45, 7) is 0. The minimum atomic E-state index is -0.156. The Hall–Kier alpha value is -1.65. The zero-order valence-corrected chi connectivity index (χ0v) is 13.0. The third-order valence-electron chi connectivity index (χ3n) is 3.37. The van der Waals surface area contributed by atoms with E-state index >= 15 is 0 Å². The zero-order valence-electron chi connectivity index (χ0n) is 11.4. The van der Waals surface area contributed by atoms with E-state index < -0.39 is 0 Å². The first-order chi connectivity index (χ1) is 10.2.